The highest BCUT2D eigenvalue weighted by atomic mass is 19.1. The molecule has 0 N–H and O–H groups in total. The van der Waals surface area contributed by atoms with Crippen molar-refractivity contribution in [3.05, 3.63) is 71.2 Å². The molecule has 0 bridgehead atoms. The summed E-state index contributed by atoms with van der Waals surface area (Å²) in [5.74, 6) is 0.420. The SMILES string of the molecule is CN(C)C(=O)c1ccc(-c2cc3ncc(C4CC4)c(-c4ccc(OC5CCOCC5)c(C#N)c4)c3o2)c(F)c1. The number of furan rings is 1. The molecule has 198 valence electrons. The van der Waals surface area contributed by atoms with Crippen molar-refractivity contribution in [2.45, 2.75) is 37.7 Å². The first kappa shape index (κ1) is 25.1. The van der Waals surface area contributed by atoms with Gasteiger partial charge < -0.3 is 18.8 Å². The van der Waals surface area contributed by atoms with Crippen LogP contribution in [0, 0.1) is 17.1 Å². The molecule has 0 unspecified atom stereocenters. The number of nitriles is 1. The third-order valence-corrected chi connectivity index (χ3v) is 7.33. The van der Waals surface area contributed by atoms with Crippen molar-refractivity contribution < 1.29 is 23.1 Å². The number of halogens is 1. The maximum Gasteiger partial charge on any atom is 0.253 e. The van der Waals surface area contributed by atoms with Crippen LogP contribution in [0.1, 0.15) is 53.1 Å². The summed E-state index contributed by atoms with van der Waals surface area (Å²) in [6.45, 7) is 1.31. The fourth-order valence-electron chi connectivity index (χ4n) is 5.08. The van der Waals surface area contributed by atoms with Crippen LogP contribution in [0.15, 0.2) is 53.1 Å². The van der Waals surface area contributed by atoms with E-state index in [0.29, 0.717) is 47.3 Å². The molecule has 4 aromatic rings. The van der Waals surface area contributed by atoms with Gasteiger partial charge in [0.25, 0.3) is 5.91 Å². The lowest BCUT2D eigenvalue weighted by Gasteiger charge is -2.24. The Hall–Kier alpha value is -4.22. The van der Waals surface area contributed by atoms with E-state index in [1.807, 2.05) is 24.4 Å². The number of fused-ring (bicyclic) bond motifs is 1. The van der Waals surface area contributed by atoms with Crippen LogP contribution in [-0.4, -0.2) is 49.2 Å². The van der Waals surface area contributed by atoms with E-state index in [-0.39, 0.29) is 23.1 Å². The first-order valence-electron chi connectivity index (χ1n) is 13.2. The van der Waals surface area contributed by atoms with Crippen LogP contribution in [0.2, 0.25) is 0 Å². The minimum Gasteiger partial charge on any atom is -0.489 e. The van der Waals surface area contributed by atoms with Crippen LogP contribution < -0.4 is 4.74 Å². The average Bonchev–Trinajstić information content (AvgIpc) is 3.71. The maximum atomic E-state index is 15.2. The van der Waals surface area contributed by atoms with Crippen LogP contribution in [-0.2, 0) is 4.74 Å². The van der Waals surface area contributed by atoms with E-state index in [2.05, 4.69) is 11.1 Å². The quantitative estimate of drug-likeness (QED) is 0.293. The number of pyridine rings is 1. The van der Waals surface area contributed by atoms with Crippen LogP contribution in [0.25, 0.3) is 33.6 Å². The van der Waals surface area contributed by atoms with Crippen molar-refractivity contribution in [3.8, 4) is 34.3 Å². The second-order valence-corrected chi connectivity index (χ2v) is 10.3. The zero-order valence-electron chi connectivity index (χ0n) is 21.9. The van der Waals surface area contributed by atoms with Crippen LogP contribution >= 0.6 is 0 Å². The molecule has 3 heterocycles. The van der Waals surface area contributed by atoms with Crippen molar-refractivity contribution >= 4 is 17.0 Å². The number of carbonyl (C=O) groups is 1. The van der Waals surface area contributed by atoms with Crippen LogP contribution in [0.4, 0.5) is 4.39 Å². The van der Waals surface area contributed by atoms with Gasteiger partial charge in [0, 0.05) is 50.3 Å². The molecule has 2 aromatic heterocycles. The number of hydrogen-bond acceptors (Lipinski definition) is 6. The molecule has 0 radical (unpaired) electrons. The molecule has 0 atom stereocenters. The van der Waals surface area contributed by atoms with E-state index < -0.39 is 5.82 Å². The number of benzene rings is 2. The van der Waals surface area contributed by atoms with E-state index in [9.17, 15) is 10.1 Å². The molecule has 2 fully saturated rings. The van der Waals surface area contributed by atoms with E-state index in [1.54, 1.807) is 32.3 Å². The molecule has 39 heavy (non-hydrogen) atoms. The normalized spacial score (nSPS) is 15.7. The molecular formula is C31H28FN3O4. The lowest BCUT2D eigenvalue weighted by atomic mass is 9.96. The highest BCUT2D eigenvalue weighted by molar-refractivity contribution is 5.96. The molecule has 1 saturated heterocycles. The van der Waals surface area contributed by atoms with Gasteiger partial charge in [0.2, 0.25) is 0 Å². The van der Waals surface area contributed by atoms with Crippen molar-refractivity contribution in [3.63, 3.8) is 0 Å². The van der Waals surface area contributed by atoms with Gasteiger partial charge in [-0.1, -0.05) is 6.07 Å². The molecule has 2 aliphatic rings. The van der Waals surface area contributed by atoms with Crippen molar-refractivity contribution in [1.29, 1.82) is 5.26 Å². The summed E-state index contributed by atoms with van der Waals surface area (Å²) < 4.78 is 33.0. The van der Waals surface area contributed by atoms with Gasteiger partial charge in [-0.2, -0.15) is 5.26 Å². The lowest BCUT2D eigenvalue weighted by Crippen LogP contribution is -2.26. The zero-order valence-corrected chi connectivity index (χ0v) is 21.9. The summed E-state index contributed by atoms with van der Waals surface area (Å²) in [6, 6.07) is 14.0. The van der Waals surface area contributed by atoms with E-state index >= 15 is 4.39 Å². The van der Waals surface area contributed by atoms with E-state index in [0.717, 1.165) is 42.4 Å². The molecule has 7 nitrogen and oxygen atoms in total. The van der Waals surface area contributed by atoms with Gasteiger partial charge in [0.15, 0.2) is 5.58 Å². The number of aromatic nitrogens is 1. The number of ether oxygens (including phenoxy) is 2. The highest BCUT2D eigenvalue weighted by Crippen LogP contribution is 2.47. The van der Waals surface area contributed by atoms with Gasteiger partial charge in [-0.05, 0) is 60.2 Å². The van der Waals surface area contributed by atoms with Crippen LogP contribution in [0.5, 0.6) is 5.75 Å². The maximum absolute atomic E-state index is 15.2. The Morgan fingerprint density at radius 2 is 1.90 bits per heavy atom. The highest BCUT2D eigenvalue weighted by Gasteiger charge is 2.30. The third-order valence-electron chi connectivity index (χ3n) is 7.33. The third kappa shape index (κ3) is 4.86. The Morgan fingerprint density at radius 3 is 2.59 bits per heavy atom. The van der Waals surface area contributed by atoms with Crippen molar-refractivity contribution in [2.75, 3.05) is 27.3 Å². The smallest absolute Gasteiger partial charge is 0.253 e. The monoisotopic (exact) mass is 525 g/mol. The van der Waals surface area contributed by atoms with Gasteiger partial charge in [-0.3, -0.25) is 9.78 Å². The molecule has 2 aromatic carbocycles. The summed E-state index contributed by atoms with van der Waals surface area (Å²) in [6.07, 6.45) is 5.58. The van der Waals surface area contributed by atoms with Gasteiger partial charge in [-0.15, -0.1) is 0 Å². The second-order valence-electron chi connectivity index (χ2n) is 10.3. The topological polar surface area (TPSA) is 88.6 Å². The Morgan fingerprint density at radius 1 is 1.10 bits per heavy atom. The van der Waals surface area contributed by atoms with Gasteiger partial charge in [-0.25, -0.2) is 4.39 Å². The Balaban J connectivity index is 1.42. The summed E-state index contributed by atoms with van der Waals surface area (Å²) in [5, 5.41) is 9.94. The molecule has 0 spiro atoms. The molecule has 8 heteroatoms. The summed E-state index contributed by atoms with van der Waals surface area (Å²) in [5.41, 5.74) is 4.85. The largest absolute Gasteiger partial charge is 0.489 e. The Kier molecular flexibility index (Phi) is 6.53. The Bertz CT molecular complexity index is 1610. The summed E-state index contributed by atoms with van der Waals surface area (Å²) in [4.78, 5) is 18.3. The molecular weight excluding hydrogens is 497 g/mol. The number of hydrogen-bond donors (Lipinski definition) is 0. The fraction of sp³-hybridized carbons (Fsp3) is 0.323. The number of rotatable bonds is 6. The molecule has 1 saturated carbocycles. The first-order valence-corrected chi connectivity index (χ1v) is 13.2. The Labute approximate surface area is 225 Å². The number of nitrogens with zero attached hydrogens (tertiary/aromatic N) is 3. The van der Waals surface area contributed by atoms with Gasteiger partial charge in [0.05, 0.1) is 24.3 Å². The molecule has 6 rings (SSSR count). The molecule has 1 aliphatic carbocycles. The standard InChI is InChI=1S/C31H28FN3O4/c1-35(2)31(36)20-5-7-23(25(32)14-20)28-15-26-30(39-28)29(24(17-34-26)18-3-4-18)19-6-8-27(21(13-19)16-33)38-22-9-11-37-12-10-22/h5-8,13-15,17-18,22H,3-4,9-12H2,1-2H3. The van der Waals surface area contributed by atoms with Gasteiger partial charge >= 0.3 is 0 Å². The second kappa shape index (κ2) is 10.2. The van der Waals surface area contributed by atoms with Gasteiger partial charge in [0.1, 0.15) is 35.0 Å². The summed E-state index contributed by atoms with van der Waals surface area (Å²) >= 11 is 0. The predicted octanol–water partition coefficient (Wildman–Crippen LogP) is 6.31. The predicted molar refractivity (Wildman–Crippen MR) is 144 cm³/mol. The van der Waals surface area contributed by atoms with E-state index in [1.165, 1.54) is 11.0 Å². The van der Waals surface area contributed by atoms with E-state index in [4.69, 9.17) is 13.9 Å². The van der Waals surface area contributed by atoms with Crippen molar-refractivity contribution in [1.82, 2.24) is 9.88 Å². The minimum atomic E-state index is -0.549. The first-order chi connectivity index (χ1) is 18.9. The zero-order chi connectivity index (χ0) is 27.1. The number of carbonyl (C=O) groups excluding carboxylic acids is 1. The summed E-state index contributed by atoms with van der Waals surface area (Å²) in [7, 11) is 3.25. The molecule has 1 amide bonds. The molecule has 1 aliphatic heterocycles. The minimum absolute atomic E-state index is 0.0216. The number of amides is 1. The lowest BCUT2D eigenvalue weighted by molar-refractivity contribution is 0.0254. The fourth-order valence-corrected chi connectivity index (χ4v) is 5.08. The average molecular weight is 526 g/mol. The van der Waals surface area contributed by atoms with Crippen molar-refractivity contribution in [2.24, 2.45) is 0 Å². The van der Waals surface area contributed by atoms with Crippen LogP contribution in [0.3, 0.4) is 0 Å².